The zero-order valence-corrected chi connectivity index (χ0v) is 7.16. The van der Waals surface area contributed by atoms with Gasteiger partial charge in [0.2, 0.25) is 0 Å². The van der Waals surface area contributed by atoms with E-state index in [4.69, 9.17) is 0 Å². The molecule has 2 heterocycles. The van der Waals surface area contributed by atoms with E-state index in [-0.39, 0.29) is 5.91 Å². The van der Waals surface area contributed by atoms with Gasteiger partial charge in [-0.1, -0.05) is 0 Å². The molecule has 0 saturated carbocycles. The van der Waals surface area contributed by atoms with Gasteiger partial charge in [-0.2, -0.15) is 0 Å². The van der Waals surface area contributed by atoms with E-state index in [0.717, 1.165) is 17.0 Å². The van der Waals surface area contributed by atoms with Crippen LogP contribution in [-0.4, -0.2) is 22.8 Å². The maximum atomic E-state index is 11.4. The summed E-state index contributed by atoms with van der Waals surface area (Å²) in [5.41, 5.74) is 2.63. The molecule has 0 bridgehead atoms. The molecule has 0 N–H and O–H groups in total. The summed E-state index contributed by atoms with van der Waals surface area (Å²) in [6.45, 7) is 2.58. The smallest absolute Gasteiger partial charge is 0.255 e. The number of rotatable bonds is 0. The molecule has 0 atom stereocenters. The number of nitrogens with zero attached hydrogens (tertiary/aromatic N) is 2. The van der Waals surface area contributed by atoms with Crippen molar-refractivity contribution in [2.24, 2.45) is 0 Å². The zero-order valence-electron chi connectivity index (χ0n) is 7.16. The first-order valence-corrected chi connectivity index (χ1v) is 3.90. The van der Waals surface area contributed by atoms with Gasteiger partial charge in [0.1, 0.15) is 0 Å². The summed E-state index contributed by atoms with van der Waals surface area (Å²) in [5.74, 6) is 0.0810. The van der Waals surface area contributed by atoms with Crippen LogP contribution < -0.4 is 0 Å². The lowest BCUT2D eigenvalue weighted by Crippen LogP contribution is -2.17. The molecule has 62 valence electrons. The third kappa shape index (κ3) is 0.897. The van der Waals surface area contributed by atoms with Gasteiger partial charge in [-0.3, -0.25) is 9.78 Å². The lowest BCUT2D eigenvalue weighted by Gasteiger charge is -2.03. The average molecular weight is 162 g/mol. The minimum atomic E-state index is 0.0810. The predicted molar refractivity (Wildman–Crippen MR) is 44.8 cm³/mol. The molecule has 1 aliphatic heterocycles. The average Bonchev–Trinajstić information content (AvgIpc) is 2.28. The van der Waals surface area contributed by atoms with Crippen molar-refractivity contribution in [3.63, 3.8) is 0 Å². The molecule has 1 aromatic rings. The second kappa shape index (κ2) is 2.30. The molecule has 0 aromatic carbocycles. The van der Waals surface area contributed by atoms with Crippen LogP contribution in [-0.2, 0) is 6.54 Å². The standard InChI is InChI=1S/C9H10N2O/c1-6-3-4-7-8(10-6)5-11(2)9(7)12/h3-4H,5H2,1-2H3. The highest BCUT2D eigenvalue weighted by Gasteiger charge is 2.24. The van der Waals surface area contributed by atoms with Gasteiger partial charge in [0, 0.05) is 12.7 Å². The van der Waals surface area contributed by atoms with Gasteiger partial charge >= 0.3 is 0 Å². The van der Waals surface area contributed by atoms with E-state index >= 15 is 0 Å². The lowest BCUT2D eigenvalue weighted by atomic mass is 10.2. The van der Waals surface area contributed by atoms with E-state index in [1.54, 1.807) is 11.9 Å². The minimum Gasteiger partial charge on any atom is -0.336 e. The Balaban J connectivity index is 2.54. The van der Waals surface area contributed by atoms with Gasteiger partial charge in [0.05, 0.1) is 17.8 Å². The minimum absolute atomic E-state index is 0.0810. The first kappa shape index (κ1) is 7.28. The molecule has 3 heteroatoms. The Morgan fingerprint density at radius 3 is 3.00 bits per heavy atom. The van der Waals surface area contributed by atoms with Crippen LogP contribution in [0.1, 0.15) is 21.7 Å². The van der Waals surface area contributed by atoms with Crippen LogP contribution in [0.4, 0.5) is 0 Å². The Morgan fingerprint density at radius 2 is 2.25 bits per heavy atom. The first-order valence-electron chi connectivity index (χ1n) is 3.90. The number of hydrogen-bond donors (Lipinski definition) is 0. The van der Waals surface area contributed by atoms with Crippen molar-refractivity contribution in [3.8, 4) is 0 Å². The predicted octanol–water partition coefficient (Wildman–Crippen LogP) is 0.976. The summed E-state index contributed by atoms with van der Waals surface area (Å²) in [4.78, 5) is 17.4. The second-order valence-electron chi connectivity index (χ2n) is 3.11. The fourth-order valence-electron chi connectivity index (χ4n) is 1.43. The molecular weight excluding hydrogens is 152 g/mol. The fraction of sp³-hybridized carbons (Fsp3) is 0.333. The largest absolute Gasteiger partial charge is 0.336 e. The number of amides is 1. The lowest BCUT2D eigenvalue weighted by molar-refractivity contribution is 0.0816. The van der Waals surface area contributed by atoms with Crippen molar-refractivity contribution in [3.05, 3.63) is 29.1 Å². The summed E-state index contributed by atoms with van der Waals surface area (Å²) in [7, 11) is 1.79. The van der Waals surface area contributed by atoms with E-state index in [9.17, 15) is 4.79 Å². The molecule has 2 rings (SSSR count). The van der Waals surface area contributed by atoms with E-state index in [1.165, 1.54) is 0 Å². The highest BCUT2D eigenvalue weighted by molar-refractivity contribution is 5.97. The number of hydrogen-bond acceptors (Lipinski definition) is 2. The Labute approximate surface area is 71.0 Å². The SMILES string of the molecule is Cc1ccc2c(n1)CN(C)C2=O. The molecule has 12 heavy (non-hydrogen) atoms. The van der Waals surface area contributed by atoms with Crippen molar-refractivity contribution < 1.29 is 4.79 Å². The summed E-state index contributed by atoms with van der Waals surface area (Å²) in [6, 6.07) is 3.72. The van der Waals surface area contributed by atoms with Gasteiger partial charge in [-0.15, -0.1) is 0 Å². The zero-order chi connectivity index (χ0) is 8.72. The van der Waals surface area contributed by atoms with Crippen LogP contribution >= 0.6 is 0 Å². The van der Waals surface area contributed by atoms with Crippen LogP contribution in [0.25, 0.3) is 0 Å². The summed E-state index contributed by atoms with van der Waals surface area (Å²) >= 11 is 0. The van der Waals surface area contributed by atoms with Gasteiger partial charge in [-0.05, 0) is 19.1 Å². The molecule has 0 fully saturated rings. The van der Waals surface area contributed by atoms with Crippen molar-refractivity contribution in [1.29, 1.82) is 0 Å². The maximum absolute atomic E-state index is 11.4. The topological polar surface area (TPSA) is 33.2 Å². The number of carbonyl (C=O) groups is 1. The Bertz CT molecular complexity index is 346. The highest BCUT2D eigenvalue weighted by atomic mass is 16.2. The molecule has 0 saturated heterocycles. The van der Waals surface area contributed by atoms with Crippen LogP contribution in [0.2, 0.25) is 0 Å². The van der Waals surface area contributed by atoms with Crippen LogP contribution in [0.15, 0.2) is 12.1 Å². The van der Waals surface area contributed by atoms with Crippen molar-refractivity contribution >= 4 is 5.91 Å². The Kier molecular flexibility index (Phi) is 1.40. The Hall–Kier alpha value is -1.38. The number of aromatic nitrogens is 1. The van der Waals surface area contributed by atoms with Crippen molar-refractivity contribution in [2.45, 2.75) is 13.5 Å². The van der Waals surface area contributed by atoms with E-state index in [0.29, 0.717) is 6.54 Å². The van der Waals surface area contributed by atoms with Gasteiger partial charge in [0.15, 0.2) is 0 Å². The fourth-order valence-corrected chi connectivity index (χ4v) is 1.43. The van der Waals surface area contributed by atoms with Gasteiger partial charge in [0.25, 0.3) is 5.91 Å². The van der Waals surface area contributed by atoms with Crippen LogP contribution in [0, 0.1) is 6.92 Å². The molecule has 0 spiro atoms. The molecule has 0 radical (unpaired) electrons. The molecular formula is C9H10N2O. The monoisotopic (exact) mass is 162 g/mol. The van der Waals surface area contributed by atoms with Crippen molar-refractivity contribution in [1.82, 2.24) is 9.88 Å². The molecule has 0 unspecified atom stereocenters. The summed E-state index contributed by atoms with van der Waals surface area (Å²) in [5, 5.41) is 0. The second-order valence-corrected chi connectivity index (χ2v) is 3.11. The third-order valence-electron chi connectivity index (χ3n) is 2.08. The number of pyridine rings is 1. The molecule has 1 amide bonds. The Morgan fingerprint density at radius 1 is 1.50 bits per heavy atom. The van der Waals surface area contributed by atoms with E-state index in [2.05, 4.69) is 4.98 Å². The van der Waals surface area contributed by atoms with E-state index < -0.39 is 0 Å². The number of fused-ring (bicyclic) bond motifs is 1. The summed E-state index contributed by atoms with van der Waals surface area (Å²) < 4.78 is 0. The molecule has 1 aliphatic rings. The number of carbonyl (C=O) groups excluding carboxylic acids is 1. The van der Waals surface area contributed by atoms with Crippen LogP contribution in [0.3, 0.4) is 0 Å². The molecule has 3 nitrogen and oxygen atoms in total. The molecule has 0 aliphatic carbocycles. The maximum Gasteiger partial charge on any atom is 0.255 e. The van der Waals surface area contributed by atoms with E-state index in [1.807, 2.05) is 19.1 Å². The quantitative estimate of drug-likeness (QED) is 0.569. The first-order chi connectivity index (χ1) is 5.68. The highest BCUT2D eigenvalue weighted by Crippen LogP contribution is 2.18. The van der Waals surface area contributed by atoms with Gasteiger partial charge in [-0.25, -0.2) is 0 Å². The normalized spacial score (nSPS) is 15.2. The molecule has 1 aromatic heterocycles. The number of aryl methyl sites for hydroxylation is 1. The van der Waals surface area contributed by atoms with Gasteiger partial charge < -0.3 is 4.90 Å². The van der Waals surface area contributed by atoms with Crippen molar-refractivity contribution in [2.75, 3.05) is 7.05 Å². The third-order valence-corrected chi connectivity index (χ3v) is 2.08. The van der Waals surface area contributed by atoms with Crippen LogP contribution in [0.5, 0.6) is 0 Å². The summed E-state index contributed by atoms with van der Waals surface area (Å²) in [6.07, 6.45) is 0.